The number of carbonyl (C=O) groups is 2. The lowest BCUT2D eigenvalue weighted by molar-refractivity contribution is -0.148. The van der Waals surface area contributed by atoms with Gasteiger partial charge in [-0.05, 0) is 26.8 Å². The largest absolute Gasteiger partial charge is 0.335 e. The molecule has 0 spiro atoms. The zero-order chi connectivity index (χ0) is 12.1. The van der Waals surface area contributed by atoms with E-state index < -0.39 is 0 Å². The van der Waals surface area contributed by atoms with Crippen molar-refractivity contribution in [3.05, 3.63) is 0 Å². The summed E-state index contributed by atoms with van der Waals surface area (Å²) < 4.78 is 0. The maximum atomic E-state index is 11.6. The summed E-state index contributed by atoms with van der Waals surface area (Å²) in [6.45, 7) is 3.26. The molecule has 1 saturated heterocycles. The number of nitrogens with one attached hydrogen (secondary N) is 1. The van der Waals surface area contributed by atoms with Crippen LogP contribution in [0, 0.1) is 0 Å². The summed E-state index contributed by atoms with van der Waals surface area (Å²) in [7, 11) is 3.59. The van der Waals surface area contributed by atoms with Crippen molar-refractivity contribution in [3.63, 3.8) is 0 Å². The first-order valence-electron chi connectivity index (χ1n) is 5.73. The third-order valence-corrected chi connectivity index (χ3v) is 3.03. The molecule has 1 atom stereocenters. The van der Waals surface area contributed by atoms with Gasteiger partial charge in [-0.25, -0.2) is 0 Å². The second-order valence-corrected chi connectivity index (χ2v) is 4.40. The van der Waals surface area contributed by atoms with Crippen LogP contribution >= 0.6 is 0 Å². The highest BCUT2D eigenvalue weighted by molar-refractivity contribution is 5.92. The Morgan fingerprint density at radius 2 is 2.00 bits per heavy atom. The molecule has 1 heterocycles. The molecule has 0 bridgehead atoms. The summed E-state index contributed by atoms with van der Waals surface area (Å²) in [6.07, 6.45) is 1.95. The maximum Gasteiger partial charge on any atom is 0.242 e. The molecular formula is C11H21N3O2. The van der Waals surface area contributed by atoms with Gasteiger partial charge in [-0.2, -0.15) is 0 Å². The van der Waals surface area contributed by atoms with Crippen LogP contribution in [0.25, 0.3) is 0 Å². The summed E-state index contributed by atoms with van der Waals surface area (Å²) in [6, 6.07) is 0.457. The number of rotatable bonds is 5. The topological polar surface area (TPSA) is 52.7 Å². The molecule has 0 aliphatic carbocycles. The van der Waals surface area contributed by atoms with Gasteiger partial charge in [0.05, 0.1) is 13.1 Å². The molecule has 5 nitrogen and oxygen atoms in total. The molecule has 1 unspecified atom stereocenters. The summed E-state index contributed by atoms with van der Waals surface area (Å²) in [4.78, 5) is 26.2. The fourth-order valence-electron chi connectivity index (χ4n) is 1.70. The van der Waals surface area contributed by atoms with Gasteiger partial charge in [0.15, 0.2) is 0 Å². The molecule has 0 aromatic carbocycles. The Balaban J connectivity index is 2.31. The first-order chi connectivity index (χ1) is 7.54. The van der Waals surface area contributed by atoms with Crippen molar-refractivity contribution in [1.29, 1.82) is 0 Å². The number of amides is 2. The van der Waals surface area contributed by atoms with Gasteiger partial charge < -0.3 is 15.1 Å². The third kappa shape index (κ3) is 3.48. The molecule has 16 heavy (non-hydrogen) atoms. The van der Waals surface area contributed by atoms with Crippen molar-refractivity contribution in [3.8, 4) is 0 Å². The molecule has 1 aliphatic heterocycles. The normalized spacial score (nSPS) is 19.2. The van der Waals surface area contributed by atoms with E-state index in [-0.39, 0.29) is 24.9 Å². The molecule has 0 radical (unpaired) electrons. The van der Waals surface area contributed by atoms with E-state index in [9.17, 15) is 9.59 Å². The fourth-order valence-corrected chi connectivity index (χ4v) is 1.70. The molecule has 1 fully saturated rings. The monoisotopic (exact) mass is 227 g/mol. The number of likely N-dealkylation sites (N-methyl/N-ethyl adjacent to an activating group) is 1. The average Bonchev–Trinajstić information content (AvgIpc) is 2.25. The molecule has 0 aromatic rings. The van der Waals surface area contributed by atoms with Gasteiger partial charge in [0, 0.05) is 19.6 Å². The van der Waals surface area contributed by atoms with Crippen LogP contribution in [0.1, 0.15) is 19.8 Å². The minimum Gasteiger partial charge on any atom is -0.335 e. The third-order valence-electron chi connectivity index (χ3n) is 3.03. The Labute approximate surface area is 96.8 Å². The zero-order valence-corrected chi connectivity index (χ0v) is 10.3. The fraction of sp³-hybridized carbons (Fsp3) is 0.818. The van der Waals surface area contributed by atoms with Crippen LogP contribution in [0.15, 0.2) is 0 Å². The number of hydrogen-bond donors (Lipinski definition) is 1. The second kappa shape index (κ2) is 5.84. The summed E-state index contributed by atoms with van der Waals surface area (Å²) in [5.41, 5.74) is 0. The van der Waals surface area contributed by atoms with E-state index in [1.54, 1.807) is 11.9 Å². The average molecular weight is 227 g/mol. The molecule has 92 valence electrons. The lowest BCUT2D eigenvalue weighted by atomic mass is 10.1. The first kappa shape index (κ1) is 13.0. The maximum absolute atomic E-state index is 11.6. The van der Waals surface area contributed by atoms with Crippen molar-refractivity contribution in [2.75, 3.05) is 33.7 Å². The SMILES string of the molecule is CNC(C)CCCN1CC(=O)N(C)CC1=O. The van der Waals surface area contributed by atoms with Crippen molar-refractivity contribution < 1.29 is 9.59 Å². The summed E-state index contributed by atoms with van der Waals surface area (Å²) >= 11 is 0. The van der Waals surface area contributed by atoms with Crippen LogP contribution in [0.5, 0.6) is 0 Å². The van der Waals surface area contributed by atoms with Gasteiger partial charge >= 0.3 is 0 Å². The van der Waals surface area contributed by atoms with Crippen molar-refractivity contribution in [2.24, 2.45) is 0 Å². The van der Waals surface area contributed by atoms with Gasteiger partial charge in [0.25, 0.3) is 0 Å². The van der Waals surface area contributed by atoms with E-state index in [0.717, 1.165) is 12.8 Å². The Kier molecular flexibility index (Phi) is 4.73. The van der Waals surface area contributed by atoms with Crippen molar-refractivity contribution in [1.82, 2.24) is 15.1 Å². The molecular weight excluding hydrogens is 206 g/mol. The highest BCUT2D eigenvalue weighted by Crippen LogP contribution is 2.05. The van der Waals surface area contributed by atoms with Gasteiger partial charge in [0.1, 0.15) is 0 Å². The Morgan fingerprint density at radius 3 is 2.62 bits per heavy atom. The quantitative estimate of drug-likeness (QED) is 0.700. The molecule has 2 amide bonds. The van der Waals surface area contributed by atoms with Gasteiger partial charge in [-0.1, -0.05) is 0 Å². The van der Waals surface area contributed by atoms with E-state index in [2.05, 4.69) is 12.2 Å². The predicted molar refractivity (Wildman–Crippen MR) is 62.0 cm³/mol. The van der Waals surface area contributed by atoms with E-state index in [0.29, 0.717) is 12.6 Å². The highest BCUT2D eigenvalue weighted by Gasteiger charge is 2.26. The van der Waals surface area contributed by atoms with Gasteiger partial charge in [-0.3, -0.25) is 9.59 Å². The van der Waals surface area contributed by atoms with E-state index in [1.807, 2.05) is 7.05 Å². The van der Waals surface area contributed by atoms with E-state index in [4.69, 9.17) is 0 Å². The molecule has 1 N–H and O–H groups in total. The van der Waals surface area contributed by atoms with Crippen LogP contribution in [-0.4, -0.2) is 61.4 Å². The molecule has 5 heteroatoms. The van der Waals surface area contributed by atoms with E-state index in [1.165, 1.54) is 4.90 Å². The van der Waals surface area contributed by atoms with Crippen LogP contribution in [-0.2, 0) is 9.59 Å². The van der Waals surface area contributed by atoms with Gasteiger partial charge in [-0.15, -0.1) is 0 Å². The zero-order valence-electron chi connectivity index (χ0n) is 10.3. The van der Waals surface area contributed by atoms with Crippen LogP contribution < -0.4 is 5.32 Å². The lowest BCUT2D eigenvalue weighted by Crippen LogP contribution is -2.52. The molecule has 1 rings (SSSR count). The smallest absolute Gasteiger partial charge is 0.242 e. The number of piperazine rings is 1. The van der Waals surface area contributed by atoms with E-state index >= 15 is 0 Å². The van der Waals surface area contributed by atoms with Gasteiger partial charge in [0.2, 0.25) is 11.8 Å². The Bertz CT molecular complexity index is 268. The molecule has 0 aromatic heterocycles. The first-order valence-corrected chi connectivity index (χ1v) is 5.73. The Morgan fingerprint density at radius 1 is 1.31 bits per heavy atom. The number of nitrogens with zero attached hydrogens (tertiary/aromatic N) is 2. The minimum absolute atomic E-state index is 0.0289. The molecule has 0 saturated carbocycles. The summed E-state index contributed by atoms with van der Waals surface area (Å²) in [5.74, 6) is 0.0838. The number of hydrogen-bond acceptors (Lipinski definition) is 3. The lowest BCUT2D eigenvalue weighted by Gasteiger charge is -2.31. The van der Waals surface area contributed by atoms with Crippen LogP contribution in [0.3, 0.4) is 0 Å². The highest BCUT2D eigenvalue weighted by atomic mass is 16.2. The van der Waals surface area contributed by atoms with Crippen molar-refractivity contribution >= 4 is 11.8 Å². The predicted octanol–water partition coefficient (Wildman–Crippen LogP) is -0.325. The number of carbonyl (C=O) groups excluding carboxylic acids is 2. The molecule has 1 aliphatic rings. The standard InChI is InChI=1S/C11H21N3O2/c1-9(12-2)5-4-6-14-8-10(15)13(3)7-11(14)16/h9,12H,4-8H2,1-3H3. The minimum atomic E-state index is 0.0289. The summed E-state index contributed by atoms with van der Waals surface area (Å²) in [5, 5.41) is 3.15. The van der Waals surface area contributed by atoms with Crippen molar-refractivity contribution in [2.45, 2.75) is 25.8 Å². The van der Waals surface area contributed by atoms with Crippen LogP contribution in [0.2, 0.25) is 0 Å². The van der Waals surface area contributed by atoms with Crippen LogP contribution in [0.4, 0.5) is 0 Å². The Hall–Kier alpha value is -1.10. The second-order valence-electron chi connectivity index (χ2n) is 4.40.